The van der Waals surface area contributed by atoms with Gasteiger partial charge in [0.1, 0.15) is 0 Å². The minimum Gasteiger partial charge on any atom is -0.329 e. The van der Waals surface area contributed by atoms with Crippen molar-refractivity contribution in [3.63, 3.8) is 0 Å². The Bertz CT molecular complexity index is 1090. The second-order valence-electron chi connectivity index (χ2n) is 8.45. The Morgan fingerprint density at radius 2 is 1.81 bits per heavy atom. The molecule has 4 nitrogen and oxygen atoms in total. The lowest BCUT2D eigenvalue weighted by Crippen LogP contribution is -2.49. The molecule has 0 bridgehead atoms. The van der Waals surface area contributed by atoms with Gasteiger partial charge in [0.25, 0.3) is 5.91 Å². The first-order valence-electron chi connectivity index (χ1n) is 10.9. The molecule has 32 heavy (non-hydrogen) atoms. The Kier molecular flexibility index (Phi) is 6.56. The molecule has 0 spiro atoms. The van der Waals surface area contributed by atoms with E-state index in [-0.39, 0.29) is 23.8 Å². The molecule has 2 aromatic carbocycles. The zero-order valence-corrected chi connectivity index (χ0v) is 19.3. The van der Waals surface area contributed by atoms with Crippen LogP contribution in [0.3, 0.4) is 0 Å². The number of nitrogens with zero attached hydrogens (tertiary/aromatic N) is 2. The lowest BCUT2D eigenvalue weighted by atomic mass is 9.80. The topological polar surface area (TPSA) is 40.6 Å². The van der Waals surface area contributed by atoms with Crippen LogP contribution in [0.4, 0.5) is 5.69 Å². The number of hydrogen-bond donors (Lipinski definition) is 0. The van der Waals surface area contributed by atoms with Gasteiger partial charge in [0, 0.05) is 29.2 Å². The fourth-order valence-corrected chi connectivity index (χ4v) is 5.33. The lowest BCUT2D eigenvalue weighted by molar-refractivity contribution is -0.121. The second kappa shape index (κ2) is 9.53. The van der Waals surface area contributed by atoms with E-state index in [9.17, 15) is 9.59 Å². The molecule has 5 heteroatoms. The minimum absolute atomic E-state index is 0.00766. The zero-order valence-electron chi connectivity index (χ0n) is 18.5. The van der Waals surface area contributed by atoms with Crippen molar-refractivity contribution in [3.05, 3.63) is 101 Å². The van der Waals surface area contributed by atoms with Crippen molar-refractivity contribution in [3.8, 4) is 0 Å². The van der Waals surface area contributed by atoms with E-state index in [1.807, 2.05) is 77.0 Å². The third-order valence-electron chi connectivity index (χ3n) is 5.75. The fraction of sp³-hybridized carbons (Fsp3) is 0.259. The van der Waals surface area contributed by atoms with Crippen LogP contribution in [-0.4, -0.2) is 29.8 Å². The molecule has 1 aromatic heterocycles. The largest absolute Gasteiger partial charge is 0.329 e. The maximum absolute atomic E-state index is 14.2. The summed E-state index contributed by atoms with van der Waals surface area (Å²) in [6.07, 6.45) is 1.75. The molecule has 164 valence electrons. The Morgan fingerprint density at radius 1 is 1.09 bits per heavy atom. The predicted molar refractivity (Wildman–Crippen MR) is 131 cm³/mol. The Morgan fingerprint density at radius 3 is 2.47 bits per heavy atom. The standard InChI is InChI=1S/C27H28N2O2S/c1-4-16-28(20-11-6-5-7-12-20)27(31)24-21-13-8-9-14-22(21)26(30)29(18-19(2)3)25(24)23-15-10-17-32-23/h4-15,17,19,24-25H,1,16,18H2,2-3H3/t24-,25+/m0/s1. The highest BCUT2D eigenvalue weighted by molar-refractivity contribution is 7.10. The summed E-state index contributed by atoms with van der Waals surface area (Å²) in [7, 11) is 0. The first-order chi connectivity index (χ1) is 15.5. The van der Waals surface area contributed by atoms with Gasteiger partial charge in [0.05, 0.1) is 12.0 Å². The molecule has 0 fully saturated rings. The van der Waals surface area contributed by atoms with Gasteiger partial charge in [-0.05, 0) is 41.1 Å². The van der Waals surface area contributed by atoms with Crippen LogP contribution in [0.2, 0.25) is 0 Å². The smallest absolute Gasteiger partial charge is 0.254 e. The molecule has 0 unspecified atom stereocenters. The third kappa shape index (κ3) is 4.13. The highest BCUT2D eigenvalue weighted by atomic mass is 32.1. The van der Waals surface area contributed by atoms with Crippen LogP contribution in [-0.2, 0) is 4.79 Å². The van der Waals surface area contributed by atoms with Gasteiger partial charge >= 0.3 is 0 Å². The van der Waals surface area contributed by atoms with Gasteiger partial charge in [0.2, 0.25) is 5.91 Å². The van der Waals surface area contributed by atoms with Crippen molar-refractivity contribution in [2.75, 3.05) is 18.0 Å². The molecule has 4 rings (SSSR count). The number of benzene rings is 2. The first-order valence-corrected chi connectivity index (χ1v) is 11.8. The molecular weight excluding hydrogens is 416 g/mol. The number of carbonyl (C=O) groups is 2. The van der Waals surface area contributed by atoms with E-state index in [0.29, 0.717) is 18.7 Å². The average molecular weight is 445 g/mol. The minimum atomic E-state index is -0.499. The van der Waals surface area contributed by atoms with Gasteiger partial charge in [-0.15, -0.1) is 17.9 Å². The summed E-state index contributed by atoms with van der Waals surface area (Å²) < 4.78 is 0. The van der Waals surface area contributed by atoms with E-state index in [0.717, 1.165) is 16.1 Å². The maximum atomic E-state index is 14.2. The van der Waals surface area contributed by atoms with Crippen LogP contribution in [0.5, 0.6) is 0 Å². The van der Waals surface area contributed by atoms with Crippen molar-refractivity contribution in [2.24, 2.45) is 5.92 Å². The summed E-state index contributed by atoms with van der Waals surface area (Å²) in [5, 5.41) is 2.01. The van der Waals surface area contributed by atoms with Gasteiger partial charge < -0.3 is 9.80 Å². The fourth-order valence-electron chi connectivity index (χ4n) is 4.46. The van der Waals surface area contributed by atoms with Crippen molar-refractivity contribution < 1.29 is 9.59 Å². The summed E-state index contributed by atoms with van der Waals surface area (Å²) in [5.74, 6) is -0.253. The van der Waals surface area contributed by atoms with Crippen LogP contribution in [0.25, 0.3) is 0 Å². The summed E-state index contributed by atoms with van der Waals surface area (Å²) in [5.41, 5.74) is 2.24. The van der Waals surface area contributed by atoms with E-state index in [1.165, 1.54) is 0 Å². The second-order valence-corrected chi connectivity index (χ2v) is 9.43. The molecule has 0 aliphatic carbocycles. The number of para-hydroxylation sites is 1. The quantitative estimate of drug-likeness (QED) is 0.426. The number of amides is 2. The molecular formula is C27H28N2O2S. The highest BCUT2D eigenvalue weighted by Crippen LogP contribution is 2.45. The van der Waals surface area contributed by atoms with Gasteiger partial charge in [-0.1, -0.05) is 62.4 Å². The molecule has 0 saturated carbocycles. The number of hydrogen-bond acceptors (Lipinski definition) is 3. The van der Waals surface area contributed by atoms with Crippen LogP contribution < -0.4 is 4.90 Å². The average Bonchev–Trinajstić information content (AvgIpc) is 3.33. The van der Waals surface area contributed by atoms with Crippen molar-refractivity contribution in [2.45, 2.75) is 25.8 Å². The van der Waals surface area contributed by atoms with Crippen LogP contribution in [0, 0.1) is 5.92 Å². The van der Waals surface area contributed by atoms with Crippen molar-refractivity contribution in [1.29, 1.82) is 0 Å². The van der Waals surface area contributed by atoms with E-state index in [1.54, 1.807) is 22.3 Å². The van der Waals surface area contributed by atoms with Crippen LogP contribution in [0.1, 0.15) is 46.6 Å². The number of anilines is 1. The van der Waals surface area contributed by atoms with E-state index in [4.69, 9.17) is 0 Å². The van der Waals surface area contributed by atoms with Crippen molar-refractivity contribution in [1.82, 2.24) is 4.90 Å². The van der Waals surface area contributed by atoms with Gasteiger partial charge in [-0.3, -0.25) is 9.59 Å². The van der Waals surface area contributed by atoms with Crippen LogP contribution >= 0.6 is 11.3 Å². The number of rotatable bonds is 7. The Balaban J connectivity index is 1.89. The Hall–Kier alpha value is -3.18. The zero-order chi connectivity index (χ0) is 22.7. The number of fused-ring (bicyclic) bond motifs is 1. The van der Waals surface area contributed by atoms with Gasteiger partial charge in [0.15, 0.2) is 0 Å². The molecule has 1 aliphatic rings. The van der Waals surface area contributed by atoms with E-state index in [2.05, 4.69) is 20.4 Å². The normalized spacial score (nSPS) is 17.8. The predicted octanol–water partition coefficient (Wildman–Crippen LogP) is 5.90. The van der Waals surface area contributed by atoms with E-state index < -0.39 is 5.92 Å². The molecule has 2 atom stereocenters. The molecule has 3 aromatic rings. The lowest BCUT2D eigenvalue weighted by Gasteiger charge is -2.43. The van der Waals surface area contributed by atoms with Gasteiger partial charge in [-0.25, -0.2) is 0 Å². The molecule has 0 N–H and O–H groups in total. The van der Waals surface area contributed by atoms with Crippen molar-refractivity contribution >= 4 is 28.8 Å². The number of carbonyl (C=O) groups excluding carboxylic acids is 2. The van der Waals surface area contributed by atoms with E-state index >= 15 is 0 Å². The maximum Gasteiger partial charge on any atom is 0.254 e. The highest BCUT2D eigenvalue weighted by Gasteiger charge is 2.46. The summed E-state index contributed by atoms with van der Waals surface area (Å²) in [6, 6.07) is 20.9. The summed E-state index contributed by atoms with van der Waals surface area (Å²) in [6.45, 7) is 9.07. The third-order valence-corrected chi connectivity index (χ3v) is 6.69. The Labute approximate surface area is 193 Å². The molecule has 2 amide bonds. The molecule has 0 radical (unpaired) electrons. The molecule has 1 aliphatic heterocycles. The van der Waals surface area contributed by atoms with Gasteiger partial charge in [-0.2, -0.15) is 0 Å². The monoisotopic (exact) mass is 444 g/mol. The SMILES string of the molecule is C=CCN(C(=O)[C@H]1c2ccccc2C(=O)N(CC(C)C)[C@@H]1c1cccs1)c1ccccc1. The van der Waals surface area contributed by atoms with Crippen LogP contribution in [0.15, 0.2) is 84.8 Å². The summed E-state index contributed by atoms with van der Waals surface area (Å²) in [4.78, 5) is 32.5. The molecule has 0 saturated heterocycles. The summed E-state index contributed by atoms with van der Waals surface area (Å²) >= 11 is 1.59. The first kappa shape index (κ1) is 22.0. The number of thiophene rings is 1. The molecule has 2 heterocycles.